The highest BCUT2D eigenvalue weighted by atomic mass is 32.1. The zero-order valence-electron chi connectivity index (χ0n) is 10.3. The van der Waals surface area contributed by atoms with E-state index in [0.717, 1.165) is 22.0 Å². The minimum absolute atomic E-state index is 0.0556. The molecule has 0 aliphatic carbocycles. The second-order valence-corrected chi connectivity index (χ2v) is 4.88. The van der Waals surface area contributed by atoms with E-state index in [0.29, 0.717) is 0 Å². The highest BCUT2D eigenvalue weighted by Crippen LogP contribution is 2.24. The van der Waals surface area contributed by atoms with E-state index in [1.165, 1.54) is 7.11 Å². The van der Waals surface area contributed by atoms with Crippen LogP contribution >= 0.6 is 11.3 Å². The summed E-state index contributed by atoms with van der Waals surface area (Å²) in [6.07, 6.45) is 0. The molecule has 1 aromatic heterocycles. The lowest BCUT2D eigenvalue weighted by atomic mass is 10.1. The fourth-order valence-electron chi connectivity index (χ4n) is 1.58. The maximum atomic E-state index is 11.4. The summed E-state index contributed by atoms with van der Waals surface area (Å²) in [6, 6.07) is 7.62. The Balaban J connectivity index is 2.17. The molecule has 0 bridgehead atoms. The Morgan fingerprint density at radius 1 is 1.50 bits per heavy atom. The van der Waals surface area contributed by atoms with Crippen molar-refractivity contribution in [1.82, 2.24) is 4.98 Å². The van der Waals surface area contributed by atoms with E-state index < -0.39 is 0 Å². The average molecular weight is 262 g/mol. The molecule has 0 atom stereocenters. The molecule has 0 spiro atoms. The van der Waals surface area contributed by atoms with Crippen LogP contribution in [0.4, 0.5) is 5.69 Å². The molecular weight excluding hydrogens is 248 g/mol. The molecule has 1 N–H and O–H groups in total. The van der Waals surface area contributed by atoms with Crippen LogP contribution in [-0.4, -0.2) is 24.6 Å². The van der Waals surface area contributed by atoms with Gasteiger partial charge >= 0.3 is 0 Å². The summed E-state index contributed by atoms with van der Waals surface area (Å²) >= 11 is 1.61. The summed E-state index contributed by atoms with van der Waals surface area (Å²) in [5.74, 6) is -0.163. The molecule has 0 aliphatic rings. The third kappa shape index (κ3) is 3.15. The summed E-state index contributed by atoms with van der Waals surface area (Å²) in [7, 11) is 1.49. The van der Waals surface area contributed by atoms with Crippen LogP contribution in [0.15, 0.2) is 29.6 Å². The molecule has 1 aromatic carbocycles. The van der Waals surface area contributed by atoms with E-state index >= 15 is 0 Å². The van der Waals surface area contributed by atoms with Crippen molar-refractivity contribution in [1.29, 1.82) is 0 Å². The number of nitrogens with zero attached hydrogens (tertiary/aromatic N) is 1. The molecule has 0 saturated heterocycles. The Kier molecular flexibility index (Phi) is 4.07. The number of methoxy groups -OCH3 is 1. The van der Waals surface area contributed by atoms with E-state index in [-0.39, 0.29) is 12.5 Å². The quantitative estimate of drug-likeness (QED) is 0.921. The minimum Gasteiger partial charge on any atom is -0.375 e. The number of benzene rings is 1. The van der Waals surface area contributed by atoms with Crippen LogP contribution in [0.3, 0.4) is 0 Å². The molecule has 2 rings (SSSR count). The zero-order chi connectivity index (χ0) is 13.0. The summed E-state index contributed by atoms with van der Waals surface area (Å²) in [5, 5.41) is 5.80. The van der Waals surface area contributed by atoms with Crippen LogP contribution in [0.25, 0.3) is 11.3 Å². The molecule has 94 valence electrons. The van der Waals surface area contributed by atoms with Gasteiger partial charge < -0.3 is 10.1 Å². The van der Waals surface area contributed by atoms with Gasteiger partial charge in [-0.1, -0.05) is 12.1 Å². The second kappa shape index (κ2) is 5.75. The number of carbonyl (C=O) groups excluding carboxylic acids is 1. The van der Waals surface area contributed by atoms with E-state index in [9.17, 15) is 4.79 Å². The van der Waals surface area contributed by atoms with Crippen LogP contribution < -0.4 is 5.32 Å². The van der Waals surface area contributed by atoms with Crippen LogP contribution in [-0.2, 0) is 9.53 Å². The summed E-state index contributed by atoms with van der Waals surface area (Å²) in [6.45, 7) is 2.03. The van der Waals surface area contributed by atoms with Gasteiger partial charge in [0.1, 0.15) is 6.61 Å². The van der Waals surface area contributed by atoms with E-state index in [1.807, 2.05) is 36.6 Å². The van der Waals surface area contributed by atoms with Gasteiger partial charge in [-0.2, -0.15) is 0 Å². The summed E-state index contributed by atoms with van der Waals surface area (Å²) in [5.41, 5.74) is 2.68. The van der Waals surface area contributed by atoms with Crippen LogP contribution in [0.5, 0.6) is 0 Å². The first-order chi connectivity index (χ1) is 8.69. The number of thiazole rings is 1. The highest BCUT2D eigenvalue weighted by Gasteiger charge is 2.05. The normalized spacial score (nSPS) is 10.3. The lowest BCUT2D eigenvalue weighted by Gasteiger charge is -2.05. The van der Waals surface area contributed by atoms with Gasteiger partial charge in [-0.25, -0.2) is 4.98 Å². The van der Waals surface area contributed by atoms with Crippen molar-refractivity contribution < 1.29 is 9.53 Å². The number of hydrogen-bond donors (Lipinski definition) is 1. The fraction of sp³-hybridized carbons (Fsp3) is 0.231. The van der Waals surface area contributed by atoms with E-state index in [2.05, 4.69) is 10.3 Å². The van der Waals surface area contributed by atoms with Gasteiger partial charge in [0, 0.05) is 23.7 Å². The Morgan fingerprint density at radius 3 is 3.00 bits per heavy atom. The van der Waals surface area contributed by atoms with Crippen LogP contribution in [0.1, 0.15) is 5.01 Å². The lowest BCUT2D eigenvalue weighted by molar-refractivity contribution is -0.119. The van der Waals surface area contributed by atoms with Crippen LogP contribution in [0.2, 0.25) is 0 Å². The van der Waals surface area contributed by atoms with E-state index in [1.54, 1.807) is 11.3 Å². The van der Waals surface area contributed by atoms with Gasteiger partial charge in [-0.05, 0) is 19.1 Å². The van der Waals surface area contributed by atoms with Crippen molar-refractivity contribution in [2.75, 3.05) is 19.0 Å². The number of aryl methyl sites for hydroxylation is 1. The van der Waals surface area contributed by atoms with Crippen molar-refractivity contribution >= 4 is 22.9 Å². The first-order valence-corrected chi connectivity index (χ1v) is 6.38. The molecule has 0 aliphatic heterocycles. The number of rotatable bonds is 4. The Labute approximate surface area is 110 Å². The number of amides is 1. The number of anilines is 1. The molecule has 18 heavy (non-hydrogen) atoms. The highest BCUT2D eigenvalue weighted by molar-refractivity contribution is 7.09. The Bertz CT molecular complexity index is 551. The molecule has 2 aromatic rings. The van der Waals surface area contributed by atoms with Crippen molar-refractivity contribution in [2.45, 2.75) is 6.92 Å². The molecule has 1 amide bonds. The second-order valence-electron chi connectivity index (χ2n) is 3.81. The molecule has 0 saturated carbocycles. The van der Waals surface area contributed by atoms with Crippen molar-refractivity contribution in [3.8, 4) is 11.3 Å². The molecule has 0 fully saturated rings. The number of ether oxygens (including phenoxy) is 1. The summed E-state index contributed by atoms with van der Waals surface area (Å²) < 4.78 is 4.77. The molecule has 0 radical (unpaired) electrons. The average Bonchev–Trinajstić information content (AvgIpc) is 2.76. The first-order valence-electron chi connectivity index (χ1n) is 5.50. The Morgan fingerprint density at radius 2 is 2.33 bits per heavy atom. The molecular formula is C13H14N2O2S. The third-order valence-electron chi connectivity index (χ3n) is 2.34. The SMILES string of the molecule is COCC(=O)Nc1cccc(-c2csc(C)n2)c1. The van der Waals surface area contributed by atoms with Crippen molar-refractivity contribution in [3.05, 3.63) is 34.7 Å². The third-order valence-corrected chi connectivity index (χ3v) is 3.11. The smallest absolute Gasteiger partial charge is 0.250 e. The first kappa shape index (κ1) is 12.7. The monoisotopic (exact) mass is 262 g/mol. The van der Waals surface area contributed by atoms with Gasteiger partial charge in [0.2, 0.25) is 5.91 Å². The largest absolute Gasteiger partial charge is 0.375 e. The standard InChI is InChI=1S/C13H14N2O2S/c1-9-14-12(8-18-9)10-4-3-5-11(6-10)15-13(16)7-17-2/h3-6,8H,7H2,1-2H3,(H,15,16). The van der Waals surface area contributed by atoms with Gasteiger partial charge in [0.15, 0.2) is 0 Å². The number of nitrogens with one attached hydrogen (secondary N) is 1. The fourth-order valence-corrected chi connectivity index (χ4v) is 2.20. The van der Waals surface area contributed by atoms with Crippen molar-refractivity contribution in [3.63, 3.8) is 0 Å². The predicted octanol–water partition coefficient (Wildman–Crippen LogP) is 2.70. The van der Waals surface area contributed by atoms with E-state index in [4.69, 9.17) is 4.74 Å². The topological polar surface area (TPSA) is 51.2 Å². The Hall–Kier alpha value is -1.72. The minimum atomic E-state index is -0.163. The number of hydrogen-bond acceptors (Lipinski definition) is 4. The van der Waals surface area contributed by atoms with Gasteiger partial charge in [-0.15, -0.1) is 11.3 Å². The summed E-state index contributed by atoms with van der Waals surface area (Å²) in [4.78, 5) is 15.8. The molecule has 1 heterocycles. The van der Waals surface area contributed by atoms with Gasteiger partial charge in [-0.3, -0.25) is 4.79 Å². The maximum Gasteiger partial charge on any atom is 0.250 e. The van der Waals surface area contributed by atoms with Gasteiger partial charge in [0.25, 0.3) is 0 Å². The zero-order valence-corrected chi connectivity index (χ0v) is 11.1. The number of carbonyl (C=O) groups is 1. The lowest BCUT2D eigenvalue weighted by Crippen LogP contribution is -2.16. The molecule has 0 unspecified atom stereocenters. The predicted molar refractivity (Wildman–Crippen MR) is 72.8 cm³/mol. The maximum absolute atomic E-state index is 11.4. The molecule has 4 nitrogen and oxygen atoms in total. The van der Waals surface area contributed by atoms with Gasteiger partial charge in [0.05, 0.1) is 10.7 Å². The number of aromatic nitrogens is 1. The van der Waals surface area contributed by atoms with Crippen LogP contribution in [0, 0.1) is 6.92 Å². The molecule has 5 heteroatoms. The van der Waals surface area contributed by atoms with Crippen molar-refractivity contribution in [2.24, 2.45) is 0 Å².